The quantitative estimate of drug-likeness (QED) is 0.830. The van der Waals surface area contributed by atoms with E-state index in [2.05, 4.69) is 17.2 Å². The zero-order valence-corrected chi connectivity index (χ0v) is 15.4. The number of benzene rings is 1. The molecule has 1 fully saturated rings. The van der Waals surface area contributed by atoms with Crippen LogP contribution in [0.25, 0.3) is 0 Å². The SMILES string of the molecule is CCCN(C(=O)c1cccc(OCc2cccnc2)c1)C1CCNCC1. The third-order valence-electron chi connectivity index (χ3n) is 4.68. The second-order valence-corrected chi connectivity index (χ2v) is 6.66. The Bertz CT molecular complexity index is 699. The van der Waals surface area contributed by atoms with Gasteiger partial charge in [0.1, 0.15) is 12.4 Å². The molecule has 0 spiro atoms. The van der Waals surface area contributed by atoms with Crippen LogP contribution < -0.4 is 10.1 Å². The van der Waals surface area contributed by atoms with Gasteiger partial charge in [0, 0.05) is 36.1 Å². The highest BCUT2D eigenvalue weighted by Crippen LogP contribution is 2.20. The summed E-state index contributed by atoms with van der Waals surface area (Å²) < 4.78 is 5.85. The Labute approximate surface area is 155 Å². The first-order valence-electron chi connectivity index (χ1n) is 9.41. The lowest BCUT2D eigenvalue weighted by Crippen LogP contribution is -2.46. The fourth-order valence-corrected chi connectivity index (χ4v) is 3.34. The molecule has 5 nitrogen and oxygen atoms in total. The summed E-state index contributed by atoms with van der Waals surface area (Å²) in [5.74, 6) is 0.812. The van der Waals surface area contributed by atoms with Gasteiger partial charge < -0.3 is 15.0 Å². The molecule has 138 valence electrons. The summed E-state index contributed by atoms with van der Waals surface area (Å²) >= 11 is 0. The van der Waals surface area contributed by atoms with Crippen LogP contribution >= 0.6 is 0 Å². The Morgan fingerprint density at radius 2 is 2.12 bits per heavy atom. The smallest absolute Gasteiger partial charge is 0.254 e. The number of pyridine rings is 1. The van der Waals surface area contributed by atoms with Gasteiger partial charge in [0.05, 0.1) is 0 Å². The van der Waals surface area contributed by atoms with Crippen molar-refractivity contribution in [3.8, 4) is 5.75 Å². The fourth-order valence-electron chi connectivity index (χ4n) is 3.34. The van der Waals surface area contributed by atoms with Crippen LogP contribution in [0.1, 0.15) is 42.1 Å². The van der Waals surface area contributed by atoms with Gasteiger partial charge in [-0.25, -0.2) is 0 Å². The van der Waals surface area contributed by atoms with E-state index in [-0.39, 0.29) is 5.91 Å². The maximum Gasteiger partial charge on any atom is 0.254 e. The van der Waals surface area contributed by atoms with Gasteiger partial charge in [0.25, 0.3) is 5.91 Å². The lowest BCUT2D eigenvalue weighted by Gasteiger charge is -2.34. The maximum atomic E-state index is 13.1. The van der Waals surface area contributed by atoms with Gasteiger partial charge in [-0.3, -0.25) is 9.78 Å². The van der Waals surface area contributed by atoms with Crippen molar-refractivity contribution in [2.24, 2.45) is 0 Å². The predicted molar refractivity (Wildman–Crippen MR) is 102 cm³/mol. The minimum absolute atomic E-state index is 0.102. The Morgan fingerprint density at radius 3 is 2.85 bits per heavy atom. The molecule has 1 aliphatic heterocycles. The lowest BCUT2D eigenvalue weighted by molar-refractivity contribution is 0.0642. The zero-order chi connectivity index (χ0) is 18.2. The molecule has 1 saturated heterocycles. The molecule has 1 aliphatic rings. The first-order chi connectivity index (χ1) is 12.8. The Hall–Kier alpha value is -2.40. The van der Waals surface area contributed by atoms with Gasteiger partial charge >= 0.3 is 0 Å². The predicted octanol–water partition coefficient (Wildman–Crippen LogP) is 3.26. The van der Waals surface area contributed by atoms with E-state index >= 15 is 0 Å². The molecular weight excluding hydrogens is 326 g/mol. The van der Waals surface area contributed by atoms with Gasteiger partial charge in [-0.2, -0.15) is 0 Å². The molecule has 1 aromatic heterocycles. The molecular formula is C21H27N3O2. The molecule has 0 bridgehead atoms. The van der Waals surface area contributed by atoms with Crippen LogP contribution in [0.4, 0.5) is 0 Å². The average Bonchev–Trinajstić information content (AvgIpc) is 2.71. The molecule has 0 unspecified atom stereocenters. The van der Waals surface area contributed by atoms with Crippen LogP contribution in [-0.2, 0) is 6.61 Å². The average molecular weight is 353 g/mol. The van der Waals surface area contributed by atoms with Crippen LogP contribution in [-0.4, -0.2) is 41.5 Å². The van der Waals surface area contributed by atoms with Crippen molar-refractivity contribution in [1.82, 2.24) is 15.2 Å². The number of carbonyl (C=O) groups is 1. The number of hydrogen-bond acceptors (Lipinski definition) is 4. The Kier molecular flexibility index (Phi) is 6.61. The number of ether oxygens (including phenoxy) is 1. The van der Waals surface area contributed by atoms with Gasteiger partial charge in [0.15, 0.2) is 0 Å². The second-order valence-electron chi connectivity index (χ2n) is 6.66. The van der Waals surface area contributed by atoms with E-state index in [0.29, 0.717) is 24.0 Å². The summed E-state index contributed by atoms with van der Waals surface area (Å²) in [6.45, 7) is 5.32. The highest BCUT2D eigenvalue weighted by molar-refractivity contribution is 5.94. The summed E-state index contributed by atoms with van der Waals surface area (Å²) in [6, 6.07) is 11.7. The third kappa shape index (κ3) is 4.82. The number of aromatic nitrogens is 1. The van der Waals surface area contributed by atoms with Crippen molar-refractivity contribution in [3.05, 3.63) is 59.9 Å². The Balaban J connectivity index is 1.69. The van der Waals surface area contributed by atoms with Crippen LogP contribution in [0.2, 0.25) is 0 Å². The summed E-state index contributed by atoms with van der Waals surface area (Å²) in [4.78, 5) is 19.2. The third-order valence-corrected chi connectivity index (χ3v) is 4.68. The van der Waals surface area contributed by atoms with Gasteiger partial charge in [-0.15, -0.1) is 0 Å². The largest absolute Gasteiger partial charge is 0.489 e. The van der Waals surface area contributed by atoms with E-state index in [9.17, 15) is 4.79 Å². The molecule has 0 atom stereocenters. The van der Waals surface area contributed by atoms with Crippen LogP contribution in [0.15, 0.2) is 48.8 Å². The number of amides is 1. The highest BCUT2D eigenvalue weighted by Gasteiger charge is 2.25. The standard InChI is InChI=1S/C21H27N3O2/c1-2-13-24(19-8-11-22-12-9-19)21(25)18-6-3-7-20(14-18)26-16-17-5-4-10-23-15-17/h3-7,10,14-15,19,22H,2,8-9,11-13,16H2,1H3. The Morgan fingerprint density at radius 1 is 1.27 bits per heavy atom. The van der Waals surface area contributed by atoms with Crippen molar-refractivity contribution in [2.75, 3.05) is 19.6 Å². The van der Waals surface area contributed by atoms with E-state index in [1.165, 1.54) is 0 Å². The molecule has 5 heteroatoms. The molecule has 0 radical (unpaired) electrons. The molecule has 3 rings (SSSR count). The normalized spacial score (nSPS) is 14.8. The molecule has 2 aromatic rings. The van der Waals surface area contributed by atoms with Gasteiger partial charge in [-0.05, 0) is 56.6 Å². The first kappa shape index (κ1) is 18.4. The number of rotatable bonds is 7. The molecule has 26 heavy (non-hydrogen) atoms. The topological polar surface area (TPSA) is 54.5 Å². The lowest BCUT2D eigenvalue weighted by atomic mass is 10.0. The van der Waals surface area contributed by atoms with Crippen molar-refractivity contribution in [3.63, 3.8) is 0 Å². The van der Waals surface area contributed by atoms with E-state index in [1.54, 1.807) is 12.4 Å². The number of nitrogens with zero attached hydrogens (tertiary/aromatic N) is 2. The van der Waals surface area contributed by atoms with Gasteiger partial charge in [-0.1, -0.05) is 19.1 Å². The van der Waals surface area contributed by atoms with E-state index in [0.717, 1.165) is 44.5 Å². The van der Waals surface area contributed by atoms with Crippen LogP contribution in [0, 0.1) is 0 Å². The first-order valence-corrected chi connectivity index (χ1v) is 9.41. The maximum absolute atomic E-state index is 13.1. The number of hydrogen-bond donors (Lipinski definition) is 1. The molecule has 1 amide bonds. The van der Waals surface area contributed by atoms with Crippen molar-refractivity contribution in [1.29, 1.82) is 0 Å². The molecule has 1 N–H and O–H groups in total. The van der Waals surface area contributed by atoms with E-state index in [4.69, 9.17) is 4.74 Å². The van der Waals surface area contributed by atoms with Crippen molar-refractivity contribution >= 4 is 5.91 Å². The highest BCUT2D eigenvalue weighted by atomic mass is 16.5. The number of nitrogens with one attached hydrogen (secondary N) is 1. The van der Waals surface area contributed by atoms with Crippen molar-refractivity contribution < 1.29 is 9.53 Å². The minimum Gasteiger partial charge on any atom is -0.489 e. The van der Waals surface area contributed by atoms with E-state index < -0.39 is 0 Å². The second kappa shape index (κ2) is 9.34. The van der Waals surface area contributed by atoms with E-state index in [1.807, 2.05) is 41.3 Å². The molecule has 1 aromatic carbocycles. The molecule has 2 heterocycles. The van der Waals surface area contributed by atoms with Crippen molar-refractivity contribution in [2.45, 2.75) is 38.8 Å². The number of carbonyl (C=O) groups excluding carboxylic acids is 1. The zero-order valence-electron chi connectivity index (χ0n) is 15.4. The number of piperidine rings is 1. The fraction of sp³-hybridized carbons (Fsp3) is 0.429. The van der Waals surface area contributed by atoms with Gasteiger partial charge in [0.2, 0.25) is 0 Å². The summed E-state index contributed by atoms with van der Waals surface area (Å²) in [7, 11) is 0. The summed E-state index contributed by atoms with van der Waals surface area (Å²) in [5.41, 5.74) is 1.70. The van der Waals surface area contributed by atoms with Crippen LogP contribution in [0.5, 0.6) is 5.75 Å². The van der Waals surface area contributed by atoms with Crippen LogP contribution in [0.3, 0.4) is 0 Å². The summed E-state index contributed by atoms with van der Waals surface area (Å²) in [5, 5.41) is 3.37. The monoisotopic (exact) mass is 353 g/mol. The minimum atomic E-state index is 0.102. The molecule has 0 aliphatic carbocycles. The molecule has 0 saturated carbocycles. The summed E-state index contributed by atoms with van der Waals surface area (Å²) in [6.07, 6.45) is 6.53.